The number of pyridine rings is 1. The lowest BCUT2D eigenvalue weighted by atomic mass is 10.1. The highest BCUT2D eigenvalue weighted by molar-refractivity contribution is 9.10. The molecule has 0 saturated carbocycles. The van der Waals surface area contributed by atoms with E-state index in [1.807, 2.05) is 35.2 Å². The largest absolute Gasteiger partial charge is 0.370 e. The van der Waals surface area contributed by atoms with Crippen LogP contribution < -0.4 is 0 Å². The number of amides is 1. The Kier molecular flexibility index (Phi) is 4.31. The van der Waals surface area contributed by atoms with E-state index in [0.717, 1.165) is 10.0 Å². The first-order valence-corrected chi connectivity index (χ1v) is 7.60. The molecular formula is C16H15BrN2O2. The fraction of sp³-hybridized carbons (Fsp3) is 0.250. The molecule has 5 heteroatoms. The Balaban J connectivity index is 1.75. The van der Waals surface area contributed by atoms with Crippen LogP contribution in [0.2, 0.25) is 0 Å². The molecule has 1 fully saturated rings. The molecule has 0 N–H and O–H groups in total. The Labute approximate surface area is 131 Å². The quantitative estimate of drug-likeness (QED) is 0.839. The zero-order valence-electron chi connectivity index (χ0n) is 11.4. The van der Waals surface area contributed by atoms with Crippen molar-refractivity contribution in [3.05, 3.63) is 64.4 Å². The van der Waals surface area contributed by atoms with Gasteiger partial charge in [0.25, 0.3) is 5.91 Å². The standard InChI is InChI=1S/C16H15BrN2O2/c17-14-8-13(9-18-10-14)16(20)19-6-7-21-15(11-19)12-4-2-1-3-5-12/h1-5,8-10,15H,6-7,11H2/t15-/m1/s1. The minimum Gasteiger partial charge on any atom is -0.370 e. The smallest absolute Gasteiger partial charge is 0.255 e. The summed E-state index contributed by atoms with van der Waals surface area (Å²) in [5.74, 6) is -0.00645. The van der Waals surface area contributed by atoms with Crippen LogP contribution in [0.1, 0.15) is 22.0 Å². The van der Waals surface area contributed by atoms with Crippen LogP contribution in [0.5, 0.6) is 0 Å². The molecule has 3 rings (SSSR count). The van der Waals surface area contributed by atoms with Crippen LogP contribution >= 0.6 is 15.9 Å². The number of morpholine rings is 1. The van der Waals surface area contributed by atoms with E-state index < -0.39 is 0 Å². The lowest BCUT2D eigenvalue weighted by Crippen LogP contribution is -2.42. The third-order valence-electron chi connectivity index (χ3n) is 3.48. The van der Waals surface area contributed by atoms with Gasteiger partial charge in [-0.2, -0.15) is 0 Å². The Morgan fingerprint density at radius 2 is 2.10 bits per heavy atom. The van der Waals surface area contributed by atoms with Crippen molar-refractivity contribution in [2.24, 2.45) is 0 Å². The van der Waals surface area contributed by atoms with Gasteiger partial charge in [0.2, 0.25) is 0 Å². The first-order valence-electron chi connectivity index (χ1n) is 6.80. The first-order chi connectivity index (χ1) is 10.2. The fourth-order valence-electron chi connectivity index (χ4n) is 2.41. The van der Waals surface area contributed by atoms with Gasteiger partial charge in [0.05, 0.1) is 18.7 Å². The number of carbonyl (C=O) groups is 1. The normalized spacial score (nSPS) is 18.5. The minimum atomic E-state index is -0.0657. The van der Waals surface area contributed by atoms with Crippen LogP contribution in [-0.2, 0) is 4.74 Å². The van der Waals surface area contributed by atoms with E-state index in [0.29, 0.717) is 25.3 Å². The fourth-order valence-corrected chi connectivity index (χ4v) is 2.78. The number of nitrogens with zero attached hydrogens (tertiary/aromatic N) is 2. The van der Waals surface area contributed by atoms with Crippen molar-refractivity contribution in [1.82, 2.24) is 9.88 Å². The number of rotatable bonds is 2. The van der Waals surface area contributed by atoms with Crippen molar-refractivity contribution in [3.8, 4) is 0 Å². The van der Waals surface area contributed by atoms with E-state index >= 15 is 0 Å². The van der Waals surface area contributed by atoms with Crippen LogP contribution in [0.3, 0.4) is 0 Å². The van der Waals surface area contributed by atoms with E-state index in [4.69, 9.17) is 4.74 Å². The molecule has 108 valence electrons. The van der Waals surface area contributed by atoms with E-state index in [2.05, 4.69) is 20.9 Å². The molecule has 0 radical (unpaired) electrons. The van der Waals surface area contributed by atoms with Gasteiger partial charge < -0.3 is 9.64 Å². The second kappa shape index (κ2) is 6.37. The predicted octanol–water partition coefficient (Wildman–Crippen LogP) is 3.06. The molecule has 1 aromatic carbocycles. The number of carbonyl (C=O) groups excluding carboxylic acids is 1. The molecule has 2 aromatic rings. The van der Waals surface area contributed by atoms with Crippen molar-refractivity contribution in [2.75, 3.05) is 19.7 Å². The van der Waals surface area contributed by atoms with Gasteiger partial charge >= 0.3 is 0 Å². The summed E-state index contributed by atoms with van der Waals surface area (Å²) in [6, 6.07) is 11.8. The van der Waals surface area contributed by atoms with E-state index in [-0.39, 0.29) is 12.0 Å². The highest BCUT2D eigenvalue weighted by atomic mass is 79.9. The van der Waals surface area contributed by atoms with E-state index in [1.54, 1.807) is 18.5 Å². The number of hydrogen-bond donors (Lipinski definition) is 0. The molecule has 21 heavy (non-hydrogen) atoms. The molecule has 1 aliphatic heterocycles. The molecule has 0 bridgehead atoms. The highest BCUT2D eigenvalue weighted by Crippen LogP contribution is 2.23. The van der Waals surface area contributed by atoms with Gasteiger partial charge in [0.15, 0.2) is 0 Å². The van der Waals surface area contributed by atoms with Gasteiger partial charge in [-0.3, -0.25) is 9.78 Å². The molecule has 1 saturated heterocycles. The van der Waals surface area contributed by atoms with E-state index in [9.17, 15) is 4.79 Å². The highest BCUT2D eigenvalue weighted by Gasteiger charge is 2.26. The topological polar surface area (TPSA) is 42.4 Å². The SMILES string of the molecule is O=C(c1cncc(Br)c1)N1CCO[C@@H](c2ccccc2)C1. The van der Waals surface area contributed by atoms with Crippen molar-refractivity contribution >= 4 is 21.8 Å². The average Bonchev–Trinajstić information content (AvgIpc) is 2.55. The third-order valence-corrected chi connectivity index (χ3v) is 3.91. The average molecular weight is 347 g/mol. The van der Waals surface area contributed by atoms with Gasteiger partial charge in [-0.05, 0) is 27.6 Å². The molecule has 0 aliphatic carbocycles. The van der Waals surface area contributed by atoms with Crippen molar-refractivity contribution in [3.63, 3.8) is 0 Å². The molecule has 1 aliphatic rings. The minimum absolute atomic E-state index is 0.00645. The van der Waals surface area contributed by atoms with Crippen LogP contribution in [0, 0.1) is 0 Å². The number of ether oxygens (including phenoxy) is 1. The van der Waals surface area contributed by atoms with Gasteiger partial charge in [0.1, 0.15) is 6.10 Å². The zero-order valence-corrected chi connectivity index (χ0v) is 13.0. The molecule has 1 amide bonds. The van der Waals surface area contributed by atoms with Crippen molar-refractivity contribution < 1.29 is 9.53 Å². The van der Waals surface area contributed by atoms with Crippen LogP contribution in [0.25, 0.3) is 0 Å². The Hall–Kier alpha value is -1.72. The molecular weight excluding hydrogens is 332 g/mol. The summed E-state index contributed by atoms with van der Waals surface area (Å²) in [6.45, 7) is 1.72. The summed E-state index contributed by atoms with van der Waals surface area (Å²) in [4.78, 5) is 18.4. The molecule has 4 nitrogen and oxygen atoms in total. The summed E-state index contributed by atoms with van der Waals surface area (Å²) in [6.07, 6.45) is 3.20. The third kappa shape index (κ3) is 3.31. The molecule has 0 spiro atoms. The van der Waals surface area contributed by atoms with Crippen LogP contribution in [-0.4, -0.2) is 35.5 Å². The number of benzene rings is 1. The lowest BCUT2D eigenvalue weighted by Gasteiger charge is -2.33. The van der Waals surface area contributed by atoms with Crippen LogP contribution in [0.15, 0.2) is 53.3 Å². The monoisotopic (exact) mass is 346 g/mol. The second-order valence-electron chi connectivity index (χ2n) is 4.91. The predicted molar refractivity (Wildman–Crippen MR) is 83.0 cm³/mol. The second-order valence-corrected chi connectivity index (χ2v) is 5.83. The lowest BCUT2D eigenvalue weighted by molar-refractivity contribution is -0.0228. The molecule has 0 unspecified atom stereocenters. The maximum Gasteiger partial charge on any atom is 0.255 e. The maximum absolute atomic E-state index is 12.5. The Bertz CT molecular complexity index is 633. The van der Waals surface area contributed by atoms with Crippen molar-refractivity contribution in [2.45, 2.75) is 6.10 Å². The molecule has 1 aromatic heterocycles. The number of halogens is 1. The van der Waals surface area contributed by atoms with Gasteiger partial charge in [-0.25, -0.2) is 0 Å². The number of aromatic nitrogens is 1. The Morgan fingerprint density at radius 3 is 2.86 bits per heavy atom. The Morgan fingerprint density at radius 1 is 1.29 bits per heavy atom. The summed E-state index contributed by atoms with van der Waals surface area (Å²) >= 11 is 3.35. The van der Waals surface area contributed by atoms with Crippen LogP contribution in [0.4, 0.5) is 0 Å². The molecule has 2 heterocycles. The zero-order chi connectivity index (χ0) is 14.7. The summed E-state index contributed by atoms with van der Waals surface area (Å²) in [5, 5.41) is 0. The number of hydrogen-bond acceptors (Lipinski definition) is 3. The van der Waals surface area contributed by atoms with Gasteiger partial charge in [-0.1, -0.05) is 30.3 Å². The molecule has 1 atom stereocenters. The first kappa shape index (κ1) is 14.2. The maximum atomic E-state index is 12.5. The van der Waals surface area contributed by atoms with Gasteiger partial charge in [-0.15, -0.1) is 0 Å². The summed E-state index contributed by atoms with van der Waals surface area (Å²) < 4.78 is 6.59. The van der Waals surface area contributed by atoms with Gasteiger partial charge in [0, 0.05) is 23.4 Å². The summed E-state index contributed by atoms with van der Waals surface area (Å²) in [5.41, 5.74) is 1.69. The van der Waals surface area contributed by atoms with Crippen molar-refractivity contribution in [1.29, 1.82) is 0 Å². The van der Waals surface area contributed by atoms with E-state index in [1.165, 1.54) is 0 Å². The summed E-state index contributed by atoms with van der Waals surface area (Å²) in [7, 11) is 0.